The number of rotatable bonds is 3. The molecule has 1 spiro atoms. The van der Waals surface area contributed by atoms with Crippen LogP contribution in [0.2, 0.25) is 5.02 Å². The second-order valence-electron chi connectivity index (χ2n) is 10.2. The van der Waals surface area contributed by atoms with Gasteiger partial charge >= 0.3 is 0 Å². The van der Waals surface area contributed by atoms with Crippen molar-refractivity contribution in [3.63, 3.8) is 0 Å². The van der Waals surface area contributed by atoms with E-state index >= 15 is 0 Å². The van der Waals surface area contributed by atoms with Gasteiger partial charge in [0.05, 0.1) is 6.04 Å². The average Bonchev–Trinajstić information content (AvgIpc) is 3.40. The first-order valence-electron chi connectivity index (χ1n) is 12.7. The van der Waals surface area contributed by atoms with Gasteiger partial charge in [-0.15, -0.1) is 0 Å². The SMILES string of the molecule is O=C(c1ccc(Cl)cc1)[C@@H]1[C@H](c2ccc(Br)cc2)C2(C(=O)c3ccccc3C2=O)[C@H]2C=Cc3ccccc3N12. The van der Waals surface area contributed by atoms with Gasteiger partial charge in [0.15, 0.2) is 17.3 Å². The highest BCUT2D eigenvalue weighted by Gasteiger charge is 2.71. The number of fused-ring (bicyclic) bond motifs is 5. The van der Waals surface area contributed by atoms with Crippen LogP contribution >= 0.6 is 27.5 Å². The fourth-order valence-corrected chi connectivity index (χ4v) is 7.14. The maximum Gasteiger partial charge on any atom is 0.185 e. The molecule has 6 heteroatoms. The van der Waals surface area contributed by atoms with E-state index in [1.807, 2.05) is 65.6 Å². The number of benzene rings is 4. The third-order valence-corrected chi connectivity index (χ3v) is 9.12. The molecule has 1 saturated heterocycles. The lowest BCUT2D eigenvalue weighted by Crippen LogP contribution is -2.48. The van der Waals surface area contributed by atoms with E-state index in [-0.39, 0.29) is 17.3 Å². The summed E-state index contributed by atoms with van der Waals surface area (Å²) in [6.45, 7) is 0. The number of halogens is 2. The summed E-state index contributed by atoms with van der Waals surface area (Å²) in [5.74, 6) is -1.37. The molecule has 3 atom stereocenters. The Kier molecular flexibility index (Phi) is 5.51. The van der Waals surface area contributed by atoms with Crippen LogP contribution in [0.15, 0.2) is 108 Å². The minimum Gasteiger partial charge on any atom is -0.352 e. The molecule has 0 unspecified atom stereocenters. The molecule has 4 aromatic rings. The maximum absolute atomic E-state index is 14.6. The van der Waals surface area contributed by atoms with E-state index in [1.165, 1.54) is 0 Å². The zero-order valence-corrected chi connectivity index (χ0v) is 22.9. The molecule has 39 heavy (non-hydrogen) atoms. The third kappa shape index (κ3) is 3.33. The quantitative estimate of drug-likeness (QED) is 0.183. The molecule has 0 amide bonds. The van der Waals surface area contributed by atoms with Gasteiger partial charge in [-0.25, -0.2) is 0 Å². The van der Waals surface area contributed by atoms with E-state index in [2.05, 4.69) is 15.9 Å². The summed E-state index contributed by atoms with van der Waals surface area (Å²) in [5, 5.41) is 0.527. The normalized spacial score (nSPS) is 22.1. The maximum atomic E-state index is 14.6. The largest absolute Gasteiger partial charge is 0.352 e. The van der Waals surface area contributed by atoms with Gasteiger partial charge in [0.1, 0.15) is 11.5 Å². The van der Waals surface area contributed by atoms with E-state index in [0.717, 1.165) is 21.3 Å². The Morgan fingerprint density at radius 1 is 0.795 bits per heavy atom. The lowest BCUT2D eigenvalue weighted by atomic mass is 9.64. The zero-order chi connectivity index (χ0) is 26.9. The predicted octanol–water partition coefficient (Wildman–Crippen LogP) is 7.42. The van der Waals surface area contributed by atoms with Crippen molar-refractivity contribution >= 4 is 56.6 Å². The van der Waals surface area contributed by atoms with Crippen molar-refractivity contribution in [2.24, 2.45) is 5.41 Å². The number of ketones is 3. The predicted molar refractivity (Wildman–Crippen MR) is 156 cm³/mol. The monoisotopic (exact) mass is 593 g/mol. The Balaban J connectivity index is 1.54. The summed E-state index contributed by atoms with van der Waals surface area (Å²) in [6, 6.07) is 27.8. The van der Waals surface area contributed by atoms with E-state index < -0.39 is 23.4 Å². The van der Waals surface area contributed by atoms with E-state index in [4.69, 9.17) is 11.6 Å². The first-order valence-corrected chi connectivity index (χ1v) is 13.9. The molecule has 0 bridgehead atoms. The molecular weight excluding hydrogens is 574 g/mol. The minimum absolute atomic E-state index is 0.164. The Morgan fingerprint density at radius 2 is 1.41 bits per heavy atom. The van der Waals surface area contributed by atoms with Crippen LogP contribution in [0.4, 0.5) is 5.69 Å². The summed E-state index contributed by atoms with van der Waals surface area (Å²) < 4.78 is 0.870. The van der Waals surface area contributed by atoms with Crippen molar-refractivity contribution in [1.82, 2.24) is 0 Å². The number of hydrogen-bond acceptors (Lipinski definition) is 4. The summed E-state index contributed by atoms with van der Waals surface area (Å²) in [6.07, 6.45) is 3.90. The van der Waals surface area contributed by atoms with E-state index in [1.54, 1.807) is 48.5 Å². The minimum atomic E-state index is -1.51. The Hall–Kier alpha value is -3.80. The second-order valence-corrected chi connectivity index (χ2v) is 11.5. The molecule has 0 saturated carbocycles. The Bertz CT molecular complexity index is 1670. The third-order valence-electron chi connectivity index (χ3n) is 8.34. The first-order chi connectivity index (χ1) is 18.9. The molecular formula is C33H21BrClNO3. The fraction of sp³-hybridized carbons (Fsp3) is 0.121. The number of para-hydroxylation sites is 1. The number of hydrogen-bond donors (Lipinski definition) is 0. The lowest BCUT2D eigenvalue weighted by Gasteiger charge is -2.37. The van der Waals surface area contributed by atoms with Crippen molar-refractivity contribution in [1.29, 1.82) is 0 Å². The molecule has 1 aliphatic carbocycles. The molecule has 190 valence electrons. The van der Waals surface area contributed by atoms with E-state index in [0.29, 0.717) is 21.7 Å². The summed E-state index contributed by atoms with van der Waals surface area (Å²) in [5.41, 5.74) is 2.32. The Labute approximate surface area is 239 Å². The highest BCUT2D eigenvalue weighted by atomic mass is 79.9. The number of carbonyl (C=O) groups is 3. The van der Waals surface area contributed by atoms with Crippen LogP contribution in [0.1, 0.15) is 48.1 Å². The Morgan fingerprint density at radius 3 is 2.08 bits per heavy atom. The summed E-state index contributed by atoms with van der Waals surface area (Å²) >= 11 is 9.67. The van der Waals surface area contributed by atoms with Gasteiger partial charge in [0.2, 0.25) is 0 Å². The molecule has 3 aliphatic rings. The van der Waals surface area contributed by atoms with Crippen molar-refractivity contribution in [2.75, 3.05) is 4.90 Å². The van der Waals surface area contributed by atoms with Gasteiger partial charge in [-0.2, -0.15) is 0 Å². The van der Waals surface area contributed by atoms with Crippen molar-refractivity contribution < 1.29 is 14.4 Å². The second kappa shape index (κ2) is 8.87. The van der Waals surface area contributed by atoms with E-state index in [9.17, 15) is 14.4 Å². The van der Waals surface area contributed by atoms with Gasteiger partial charge < -0.3 is 4.90 Å². The van der Waals surface area contributed by atoms with Gasteiger partial charge in [0, 0.05) is 37.8 Å². The van der Waals surface area contributed by atoms with Crippen LogP contribution in [0.25, 0.3) is 6.08 Å². The van der Waals surface area contributed by atoms with Crippen LogP contribution < -0.4 is 4.90 Å². The fourth-order valence-electron chi connectivity index (χ4n) is 6.75. The number of carbonyl (C=O) groups excluding carboxylic acids is 3. The molecule has 0 N–H and O–H groups in total. The molecule has 1 fully saturated rings. The zero-order valence-electron chi connectivity index (χ0n) is 20.6. The highest BCUT2D eigenvalue weighted by Crippen LogP contribution is 2.61. The molecule has 0 radical (unpaired) electrons. The smallest absolute Gasteiger partial charge is 0.185 e. The summed E-state index contributed by atoms with van der Waals surface area (Å²) in [7, 11) is 0. The molecule has 0 aromatic heterocycles. The van der Waals surface area contributed by atoms with Crippen molar-refractivity contribution in [3.8, 4) is 0 Å². The highest BCUT2D eigenvalue weighted by molar-refractivity contribution is 9.10. The lowest BCUT2D eigenvalue weighted by molar-refractivity contribution is 0.0666. The standard InChI is InChI=1S/C33H21BrClNO3/c34-22-14-9-20(10-15-22)28-29(30(37)21-11-16-23(35)17-12-21)36-26-8-4-1-5-19(26)13-18-27(36)33(28)31(38)24-6-2-3-7-25(24)32(33)39/h1-18,27-29H/t27-,28+,29+/m1/s1. The van der Waals surface area contributed by atoms with Crippen molar-refractivity contribution in [2.45, 2.75) is 18.0 Å². The molecule has 4 nitrogen and oxygen atoms in total. The van der Waals surface area contributed by atoms with Crippen LogP contribution in [-0.2, 0) is 0 Å². The van der Waals surface area contributed by atoms with Crippen LogP contribution in [0, 0.1) is 5.41 Å². The van der Waals surface area contributed by atoms with Gasteiger partial charge in [0.25, 0.3) is 0 Å². The number of anilines is 1. The van der Waals surface area contributed by atoms with Crippen LogP contribution in [0.5, 0.6) is 0 Å². The molecule has 2 heterocycles. The average molecular weight is 595 g/mol. The van der Waals surface area contributed by atoms with Gasteiger partial charge in [-0.1, -0.05) is 94.3 Å². The number of Topliss-reactive ketones (excluding diaryl/α,β-unsaturated/α-hetero) is 3. The molecule has 4 aromatic carbocycles. The van der Waals surface area contributed by atoms with Crippen LogP contribution in [0.3, 0.4) is 0 Å². The number of nitrogens with zero attached hydrogens (tertiary/aromatic N) is 1. The molecule has 7 rings (SSSR count). The van der Waals surface area contributed by atoms with Gasteiger partial charge in [-0.05, 0) is 53.6 Å². The topological polar surface area (TPSA) is 54.5 Å². The van der Waals surface area contributed by atoms with Crippen molar-refractivity contribution in [3.05, 3.63) is 140 Å². The molecule has 2 aliphatic heterocycles. The van der Waals surface area contributed by atoms with Gasteiger partial charge in [-0.3, -0.25) is 14.4 Å². The summed E-state index contributed by atoms with van der Waals surface area (Å²) in [4.78, 5) is 45.7. The van der Waals surface area contributed by atoms with Crippen LogP contribution in [-0.4, -0.2) is 29.4 Å². The first kappa shape index (κ1) is 24.3.